The Morgan fingerprint density at radius 1 is 1.15 bits per heavy atom. The summed E-state index contributed by atoms with van der Waals surface area (Å²) >= 11 is 7.62. The first-order valence-corrected chi connectivity index (χ1v) is 16.4. The second kappa shape index (κ2) is 13.0. The van der Waals surface area contributed by atoms with Gasteiger partial charge in [0.1, 0.15) is 4.58 Å². The SMILES string of the molecule is CN(C[C@H](O)CNC(C)(C)CC1Cc2ccccc2C1)S(=O)(=O)C1CC(c2cccc(CCC(=O)O)c2)=C(Cl)S1. The van der Waals surface area contributed by atoms with Gasteiger partial charge in [-0.15, -0.1) is 0 Å². The zero-order valence-corrected chi connectivity index (χ0v) is 25.7. The van der Waals surface area contributed by atoms with Gasteiger partial charge in [0.25, 0.3) is 0 Å². The van der Waals surface area contributed by atoms with E-state index < -0.39 is 26.7 Å². The summed E-state index contributed by atoms with van der Waals surface area (Å²) < 4.78 is 27.7. The van der Waals surface area contributed by atoms with Gasteiger partial charge < -0.3 is 15.5 Å². The maximum absolute atomic E-state index is 13.4. The number of hydrogen-bond donors (Lipinski definition) is 3. The highest BCUT2D eigenvalue weighted by Gasteiger charge is 2.38. The largest absolute Gasteiger partial charge is 0.481 e. The van der Waals surface area contributed by atoms with Gasteiger partial charge in [-0.05, 0) is 73.3 Å². The van der Waals surface area contributed by atoms with Crippen molar-refractivity contribution < 1.29 is 23.4 Å². The molecule has 218 valence electrons. The number of thioether (sulfide) groups is 1. The van der Waals surface area contributed by atoms with Crippen molar-refractivity contribution in [2.45, 2.75) is 68.6 Å². The number of benzene rings is 2. The van der Waals surface area contributed by atoms with Crippen LogP contribution in [0.1, 0.15) is 55.4 Å². The number of aliphatic hydroxyl groups excluding tert-OH is 1. The van der Waals surface area contributed by atoms with Gasteiger partial charge in [-0.2, -0.15) is 0 Å². The zero-order valence-electron chi connectivity index (χ0n) is 23.3. The van der Waals surface area contributed by atoms with E-state index in [2.05, 4.69) is 43.4 Å². The van der Waals surface area contributed by atoms with Crippen molar-refractivity contribution in [2.24, 2.45) is 5.92 Å². The third-order valence-corrected chi connectivity index (χ3v) is 12.0. The fourth-order valence-corrected chi connectivity index (χ4v) is 9.55. The van der Waals surface area contributed by atoms with E-state index in [9.17, 15) is 18.3 Å². The number of hydrogen-bond acceptors (Lipinski definition) is 6. The molecule has 1 unspecified atom stereocenters. The number of nitrogens with one attached hydrogen (secondary N) is 1. The van der Waals surface area contributed by atoms with E-state index in [4.69, 9.17) is 16.7 Å². The van der Waals surface area contributed by atoms with Gasteiger partial charge in [0, 0.05) is 38.5 Å². The minimum Gasteiger partial charge on any atom is -0.481 e. The van der Waals surface area contributed by atoms with Crippen LogP contribution >= 0.6 is 23.4 Å². The van der Waals surface area contributed by atoms with E-state index in [0.717, 1.165) is 47.7 Å². The number of aliphatic carboxylic acids is 1. The maximum Gasteiger partial charge on any atom is 0.303 e. The van der Waals surface area contributed by atoms with Crippen LogP contribution in [0.5, 0.6) is 0 Å². The van der Waals surface area contributed by atoms with E-state index in [0.29, 0.717) is 16.7 Å². The molecule has 1 aliphatic carbocycles. The molecule has 1 heterocycles. The van der Waals surface area contributed by atoms with Crippen molar-refractivity contribution in [3.63, 3.8) is 0 Å². The number of likely N-dealkylation sites (N-methyl/N-ethyl adjacent to an activating group) is 1. The van der Waals surface area contributed by atoms with Gasteiger partial charge in [0.15, 0.2) is 0 Å². The van der Waals surface area contributed by atoms with Crippen LogP contribution in [0.4, 0.5) is 0 Å². The summed E-state index contributed by atoms with van der Waals surface area (Å²) in [5.41, 5.74) is 5.05. The van der Waals surface area contributed by atoms with Gasteiger partial charge in [0.2, 0.25) is 10.0 Å². The molecule has 0 amide bonds. The molecule has 0 spiro atoms. The molecule has 10 heteroatoms. The highest BCUT2D eigenvalue weighted by molar-refractivity contribution is 8.16. The minimum absolute atomic E-state index is 0.0189. The number of rotatable bonds is 13. The topological polar surface area (TPSA) is 107 Å². The molecule has 0 saturated carbocycles. The van der Waals surface area contributed by atoms with Crippen LogP contribution in [-0.4, -0.2) is 65.3 Å². The van der Waals surface area contributed by atoms with Crippen molar-refractivity contribution in [1.82, 2.24) is 9.62 Å². The molecular weight excluding hydrogens is 568 g/mol. The van der Waals surface area contributed by atoms with E-state index in [1.807, 2.05) is 24.3 Å². The Bertz CT molecular complexity index is 1340. The predicted molar refractivity (Wildman–Crippen MR) is 163 cm³/mol. The van der Waals surface area contributed by atoms with Gasteiger partial charge in [-0.3, -0.25) is 4.79 Å². The molecule has 2 aromatic carbocycles. The van der Waals surface area contributed by atoms with E-state index in [1.54, 1.807) is 0 Å². The van der Waals surface area contributed by atoms with Crippen LogP contribution in [0.25, 0.3) is 5.57 Å². The number of nitrogens with zero attached hydrogens (tertiary/aromatic N) is 1. The van der Waals surface area contributed by atoms with Crippen LogP contribution in [0, 0.1) is 5.92 Å². The summed E-state index contributed by atoms with van der Waals surface area (Å²) in [5.74, 6) is -0.321. The first kappa shape index (κ1) is 31.1. The third-order valence-electron chi connectivity index (χ3n) is 7.73. The maximum atomic E-state index is 13.4. The van der Waals surface area contributed by atoms with Crippen molar-refractivity contribution in [3.8, 4) is 0 Å². The number of halogens is 1. The molecule has 0 bridgehead atoms. The molecule has 0 aromatic heterocycles. The van der Waals surface area contributed by atoms with E-state index >= 15 is 0 Å². The van der Waals surface area contributed by atoms with Gasteiger partial charge in [0.05, 0.1) is 10.5 Å². The number of carboxylic acids is 1. The number of aryl methyl sites for hydroxylation is 1. The Morgan fingerprint density at radius 2 is 1.82 bits per heavy atom. The van der Waals surface area contributed by atoms with Gasteiger partial charge in [-0.1, -0.05) is 71.9 Å². The summed E-state index contributed by atoms with van der Waals surface area (Å²) in [7, 11) is -2.24. The number of carbonyl (C=O) groups is 1. The normalized spacial score (nSPS) is 18.9. The highest BCUT2D eigenvalue weighted by atomic mass is 35.5. The monoisotopic (exact) mass is 606 g/mol. The summed E-state index contributed by atoms with van der Waals surface area (Å²) in [5, 5.41) is 23.2. The molecule has 1 aliphatic heterocycles. The van der Waals surface area contributed by atoms with Crippen LogP contribution < -0.4 is 5.32 Å². The third kappa shape index (κ3) is 7.89. The lowest BCUT2D eigenvalue weighted by atomic mass is 9.88. The van der Waals surface area contributed by atoms with E-state index in [1.165, 1.54) is 22.5 Å². The Balaban J connectivity index is 1.28. The first-order valence-electron chi connectivity index (χ1n) is 13.7. The first-order chi connectivity index (χ1) is 18.8. The number of fused-ring (bicyclic) bond motifs is 1. The molecular formula is C30H39ClN2O5S2. The smallest absolute Gasteiger partial charge is 0.303 e. The molecule has 0 saturated heterocycles. The summed E-state index contributed by atoms with van der Waals surface area (Å²) in [6.07, 6.45) is 2.89. The number of carboxylic acid groups (broad SMARTS) is 1. The summed E-state index contributed by atoms with van der Waals surface area (Å²) in [6.45, 7) is 4.53. The Labute approximate surface area is 247 Å². The molecule has 0 radical (unpaired) electrons. The average molecular weight is 607 g/mol. The number of sulfonamides is 1. The molecule has 0 fully saturated rings. The standard InChI is InChI=1S/C30H39ClN2O5S2/c1-30(2,17-21-14-22-8-4-5-9-23(22)15-21)32-18-25(34)19-33(3)40(37,38)28-16-26(29(31)39-28)24-10-6-7-20(13-24)11-12-27(35)36/h4-10,13,21,25,28,32,34H,11-12,14-19H2,1-3H3,(H,35,36)/t25-,28?/m1/s1. The lowest BCUT2D eigenvalue weighted by Gasteiger charge is -2.31. The molecule has 7 nitrogen and oxygen atoms in total. The predicted octanol–water partition coefficient (Wildman–Crippen LogP) is 4.87. The van der Waals surface area contributed by atoms with Gasteiger partial charge in [-0.25, -0.2) is 12.7 Å². The number of β-amino-alcohol motifs (C(OH)–C–C–N with tert-alkyl or cyclic N) is 1. The molecule has 2 atom stereocenters. The van der Waals surface area contributed by atoms with Crippen molar-refractivity contribution >= 4 is 44.9 Å². The quantitative estimate of drug-likeness (QED) is 0.299. The Morgan fingerprint density at radius 3 is 2.48 bits per heavy atom. The Hall–Kier alpha value is -1.88. The highest BCUT2D eigenvalue weighted by Crippen LogP contribution is 2.47. The minimum atomic E-state index is -3.74. The molecule has 4 rings (SSSR count). The summed E-state index contributed by atoms with van der Waals surface area (Å²) in [6, 6.07) is 16.0. The lowest BCUT2D eigenvalue weighted by Crippen LogP contribution is -2.48. The molecule has 2 aromatic rings. The summed E-state index contributed by atoms with van der Waals surface area (Å²) in [4.78, 5) is 10.9. The van der Waals surface area contributed by atoms with Crippen molar-refractivity contribution in [2.75, 3.05) is 20.1 Å². The second-order valence-electron chi connectivity index (χ2n) is 11.6. The zero-order chi connectivity index (χ0) is 29.1. The average Bonchev–Trinajstić information content (AvgIpc) is 3.49. The van der Waals surface area contributed by atoms with Gasteiger partial charge >= 0.3 is 5.97 Å². The van der Waals surface area contributed by atoms with E-state index in [-0.39, 0.29) is 31.5 Å². The molecule has 2 aliphatic rings. The Kier molecular flexibility index (Phi) is 10.1. The fourth-order valence-electron chi connectivity index (χ4n) is 5.69. The molecule has 3 N–H and O–H groups in total. The molecule has 40 heavy (non-hydrogen) atoms. The van der Waals surface area contributed by atoms with Crippen LogP contribution in [0.15, 0.2) is 52.9 Å². The van der Waals surface area contributed by atoms with Crippen molar-refractivity contribution in [3.05, 3.63) is 75.1 Å². The van der Waals surface area contributed by atoms with Crippen LogP contribution in [0.2, 0.25) is 0 Å². The van der Waals surface area contributed by atoms with Crippen molar-refractivity contribution in [1.29, 1.82) is 0 Å². The lowest BCUT2D eigenvalue weighted by molar-refractivity contribution is -0.136. The second-order valence-corrected chi connectivity index (χ2v) is 15.9. The number of aliphatic hydroxyl groups is 1. The van der Waals surface area contributed by atoms with Crippen LogP contribution in [-0.2, 0) is 34.1 Å². The fraction of sp³-hybridized carbons (Fsp3) is 0.500. The number of allylic oxidation sites excluding steroid dienone is 1. The van der Waals surface area contributed by atoms with Crippen LogP contribution in [0.3, 0.4) is 0 Å².